The number of nitrogens with zero attached hydrogens (tertiary/aromatic N) is 5. The lowest BCUT2D eigenvalue weighted by atomic mass is 9.91. The molecule has 0 radical (unpaired) electrons. The molecule has 0 fully saturated rings. The first-order chi connectivity index (χ1) is 33.6. The molecule has 11 aromatic rings. The molecule has 0 saturated carbocycles. The van der Waals surface area contributed by atoms with Crippen LogP contribution in [-0.2, 0) is 0 Å². The lowest BCUT2D eigenvalue weighted by Crippen LogP contribution is -2.00. The molecule has 0 aliphatic heterocycles. The fraction of sp³-hybridized carbons (Fsp3) is 0. The fourth-order valence-corrected chi connectivity index (χ4v) is 9.58. The van der Waals surface area contributed by atoms with Crippen molar-refractivity contribution in [1.29, 1.82) is 5.26 Å². The number of fused-ring (bicyclic) bond motifs is 3. The van der Waals surface area contributed by atoms with Crippen LogP contribution in [0, 0.1) is 17.9 Å². The average Bonchev–Trinajstić information content (AvgIpc) is 3.76. The summed E-state index contributed by atoms with van der Waals surface area (Å²) in [6.45, 7) is 8.28. The van der Waals surface area contributed by atoms with E-state index in [0.717, 1.165) is 61.2 Å². The Bertz CT molecular complexity index is 3860. The molecule has 0 unspecified atom stereocenters. The zero-order chi connectivity index (χ0) is 45.6. The van der Waals surface area contributed by atoms with Crippen molar-refractivity contribution in [2.45, 2.75) is 0 Å². The molecule has 0 atom stereocenters. The van der Waals surface area contributed by atoms with Crippen molar-refractivity contribution in [3.8, 4) is 118 Å². The Morgan fingerprint density at radius 3 is 1.47 bits per heavy atom. The maximum absolute atomic E-state index is 9.33. The summed E-state index contributed by atoms with van der Waals surface area (Å²) < 4.78 is 0. The molecule has 1 aliphatic rings. The second kappa shape index (κ2) is 16.8. The molecule has 0 amide bonds. The molecule has 0 spiro atoms. The minimum atomic E-state index is 0.561. The van der Waals surface area contributed by atoms with Crippen LogP contribution in [0.15, 0.2) is 224 Å². The predicted octanol–water partition coefficient (Wildman–Crippen LogP) is 16.4. The van der Waals surface area contributed by atoms with Crippen LogP contribution in [0.1, 0.15) is 5.56 Å². The summed E-state index contributed by atoms with van der Waals surface area (Å²) in [7, 11) is 0. The summed E-state index contributed by atoms with van der Waals surface area (Å²) >= 11 is 0. The molecule has 10 aromatic carbocycles. The van der Waals surface area contributed by atoms with Gasteiger partial charge in [-0.15, -0.1) is 0 Å². The van der Waals surface area contributed by atoms with E-state index in [2.05, 4.69) is 138 Å². The Morgan fingerprint density at radius 1 is 0.338 bits per heavy atom. The minimum Gasteiger partial charge on any atom is -0.237 e. The van der Waals surface area contributed by atoms with Gasteiger partial charge in [0.1, 0.15) is 0 Å². The van der Waals surface area contributed by atoms with E-state index in [4.69, 9.17) is 21.5 Å². The molecule has 12 rings (SSSR count). The van der Waals surface area contributed by atoms with Crippen molar-refractivity contribution in [3.05, 3.63) is 241 Å². The zero-order valence-corrected chi connectivity index (χ0v) is 36.6. The van der Waals surface area contributed by atoms with Gasteiger partial charge >= 0.3 is 0 Å². The van der Waals surface area contributed by atoms with E-state index < -0.39 is 0 Å². The molecular formula is C63H37N5. The molecule has 1 aliphatic carbocycles. The van der Waals surface area contributed by atoms with Crippen LogP contribution in [0.4, 0.5) is 5.69 Å². The summed E-state index contributed by atoms with van der Waals surface area (Å²) in [6.07, 6.45) is 0. The van der Waals surface area contributed by atoms with Crippen molar-refractivity contribution in [2.75, 3.05) is 0 Å². The van der Waals surface area contributed by atoms with Gasteiger partial charge in [0.2, 0.25) is 0 Å². The highest BCUT2D eigenvalue weighted by Gasteiger charge is 2.24. The molecule has 5 heteroatoms. The smallest absolute Gasteiger partial charge is 0.195 e. The van der Waals surface area contributed by atoms with Crippen LogP contribution in [0.5, 0.6) is 0 Å². The third-order valence-electron chi connectivity index (χ3n) is 12.9. The maximum Gasteiger partial charge on any atom is 0.195 e. The summed E-state index contributed by atoms with van der Waals surface area (Å²) in [4.78, 5) is 19.1. The van der Waals surface area contributed by atoms with Crippen LogP contribution in [0.25, 0.3) is 128 Å². The van der Waals surface area contributed by atoms with Crippen molar-refractivity contribution < 1.29 is 0 Å². The fourth-order valence-electron chi connectivity index (χ4n) is 9.58. The van der Waals surface area contributed by atoms with E-state index in [1.807, 2.05) is 97.1 Å². The van der Waals surface area contributed by atoms with Crippen molar-refractivity contribution >= 4 is 16.5 Å². The third-order valence-corrected chi connectivity index (χ3v) is 12.9. The second-order valence-corrected chi connectivity index (χ2v) is 17.0. The van der Waals surface area contributed by atoms with E-state index in [9.17, 15) is 5.26 Å². The number of benzene rings is 10. The normalized spacial score (nSPS) is 11.2. The van der Waals surface area contributed by atoms with Gasteiger partial charge in [-0.2, -0.15) is 5.26 Å². The van der Waals surface area contributed by atoms with Crippen molar-refractivity contribution in [2.24, 2.45) is 0 Å². The standard InChI is InChI=1S/C63H37N5/c1-65-58-38-49(42-27-29-43(30-28-42)54-34-31-44-13-10-22-56-55-20-5-6-21-57(55)60(54)59(44)56)32-33-53(58)50-17-7-15-47(35-50)48-16-9-19-52(37-48)63-67-61(45-11-3-2-4-12-45)66-62(68-63)51-18-8-14-46(36-51)41-25-23-40(39-64)24-26-41/h2-38H. The van der Waals surface area contributed by atoms with Gasteiger partial charge in [0.15, 0.2) is 23.2 Å². The first-order valence-corrected chi connectivity index (χ1v) is 22.5. The monoisotopic (exact) mass is 863 g/mol. The highest BCUT2D eigenvalue weighted by molar-refractivity contribution is 6.19. The van der Waals surface area contributed by atoms with Gasteiger partial charge in [0.25, 0.3) is 0 Å². The SMILES string of the molecule is [C-]#[N+]c1cc(-c2ccc(-c3ccc4cccc5c4c3-c3ccccc3-5)cc2)ccc1-c1cccc(-c2cccc(-c3nc(-c4ccccc4)nc(-c4cccc(-c5ccc(C#N)cc5)c4)n3)c2)c1. The van der Waals surface area contributed by atoms with Gasteiger partial charge in [-0.1, -0.05) is 188 Å². The Morgan fingerprint density at radius 2 is 0.809 bits per heavy atom. The van der Waals surface area contributed by atoms with E-state index in [-0.39, 0.29) is 0 Å². The number of rotatable bonds is 8. The van der Waals surface area contributed by atoms with Gasteiger partial charge in [0.05, 0.1) is 18.2 Å². The molecule has 314 valence electrons. The van der Waals surface area contributed by atoms with Crippen LogP contribution in [-0.4, -0.2) is 15.0 Å². The topological polar surface area (TPSA) is 66.8 Å². The highest BCUT2D eigenvalue weighted by atomic mass is 15.0. The second-order valence-electron chi connectivity index (χ2n) is 17.0. The maximum atomic E-state index is 9.33. The van der Waals surface area contributed by atoms with Gasteiger partial charge in [-0.3, -0.25) is 0 Å². The quantitative estimate of drug-likeness (QED) is 0.143. The van der Waals surface area contributed by atoms with Crippen LogP contribution in [0.2, 0.25) is 0 Å². The highest BCUT2D eigenvalue weighted by Crippen LogP contribution is 2.51. The lowest BCUT2D eigenvalue weighted by Gasteiger charge is -2.13. The Balaban J connectivity index is 0.852. The van der Waals surface area contributed by atoms with Gasteiger partial charge in [-0.05, 0) is 125 Å². The van der Waals surface area contributed by atoms with Crippen LogP contribution >= 0.6 is 0 Å². The zero-order valence-electron chi connectivity index (χ0n) is 36.6. The van der Waals surface area contributed by atoms with Gasteiger partial charge in [-0.25, -0.2) is 19.8 Å². The van der Waals surface area contributed by atoms with E-state index >= 15 is 0 Å². The number of hydrogen-bond acceptors (Lipinski definition) is 4. The minimum absolute atomic E-state index is 0.561. The number of hydrogen-bond donors (Lipinski definition) is 0. The summed E-state index contributed by atoms with van der Waals surface area (Å²) in [5, 5.41) is 11.9. The molecule has 5 nitrogen and oxygen atoms in total. The lowest BCUT2D eigenvalue weighted by molar-refractivity contribution is 1.07. The Kier molecular flexibility index (Phi) is 9.87. The third kappa shape index (κ3) is 7.18. The molecule has 1 heterocycles. The van der Waals surface area contributed by atoms with Gasteiger partial charge in [0, 0.05) is 16.7 Å². The van der Waals surface area contributed by atoms with Gasteiger partial charge < -0.3 is 0 Å². The van der Waals surface area contributed by atoms with E-state index in [1.165, 1.54) is 44.2 Å². The molecule has 1 aromatic heterocycles. The first-order valence-electron chi connectivity index (χ1n) is 22.5. The van der Waals surface area contributed by atoms with Crippen molar-refractivity contribution in [1.82, 2.24) is 15.0 Å². The van der Waals surface area contributed by atoms with E-state index in [1.54, 1.807) is 0 Å². The number of nitriles is 1. The molecule has 0 bridgehead atoms. The Labute approximate surface area is 394 Å². The predicted molar refractivity (Wildman–Crippen MR) is 276 cm³/mol. The summed E-state index contributed by atoms with van der Waals surface area (Å²) in [5.41, 5.74) is 19.3. The molecular weight excluding hydrogens is 827 g/mol. The Hall–Kier alpha value is -9.55. The molecule has 0 saturated heterocycles. The van der Waals surface area contributed by atoms with Crippen molar-refractivity contribution in [3.63, 3.8) is 0 Å². The summed E-state index contributed by atoms with van der Waals surface area (Å²) in [6, 6.07) is 79.2. The summed E-state index contributed by atoms with van der Waals surface area (Å²) in [5.74, 6) is 1.70. The largest absolute Gasteiger partial charge is 0.237 e. The van der Waals surface area contributed by atoms with Crippen LogP contribution in [0.3, 0.4) is 0 Å². The molecule has 68 heavy (non-hydrogen) atoms. The van der Waals surface area contributed by atoms with E-state index in [0.29, 0.717) is 28.7 Å². The number of aromatic nitrogens is 3. The first kappa shape index (κ1) is 40.0. The molecule has 0 N–H and O–H groups in total. The van der Waals surface area contributed by atoms with Crippen LogP contribution < -0.4 is 0 Å². The average molecular weight is 864 g/mol.